The molecule has 0 bridgehead atoms. The van der Waals surface area contributed by atoms with Crippen molar-refractivity contribution in [3.63, 3.8) is 0 Å². The standard InChI is InChI=1S/C18H18FNO2/c1-20(14-10-12-6-2-3-7-13(12)11-14)18(22)17(21)15-8-4-5-9-16(15)19/h2-9,14,17,21H,10-11H2,1H3. The highest BCUT2D eigenvalue weighted by molar-refractivity contribution is 5.82. The number of nitrogens with zero attached hydrogens (tertiary/aromatic N) is 1. The highest BCUT2D eigenvalue weighted by Crippen LogP contribution is 2.27. The Bertz CT molecular complexity index is 676. The first kappa shape index (κ1) is 14.7. The maximum atomic E-state index is 13.7. The van der Waals surface area contributed by atoms with Gasteiger partial charge < -0.3 is 10.0 Å². The van der Waals surface area contributed by atoms with Crippen LogP contribution >= 0.6 is 0 Å². The van der Waals surface area contributed by atoms with Crippen molar-refractivity contribution < 1.29 is 14.3 Å². The molecule has 4 heteroatoms. The molecular weight excluding hydrogens is 281 g/mol. The predicted molar refractivity (Wildman–Crippen MR) is 81.8 cm³/mol. The Kier molecular flexibility index (Phi) is 3.94. The molecule has 0 radical (unpaired) electrons. The SMILES string of the molecule is CN(C(=O)C(O)c1ccccc1F)C1Cc2ccccc2C1. The molecule has 22 heavy (non-hydrogen) atoms. The van der Waals surface area contributed by atoms with Crippen molar-refractivity contribution in [1.82, 2.24) is 4.90 Å². The van der Waals surface area contributed by atoms with Gasteiger partial charge in [0.15, 0.2) is 6.10 Å². The summed E-state index contributed by atoms with van der Waals surface area (Å²) in [5.74, 6) is -1.03. The van der Waals surface area contributed by atoms with Gasteiger partial charge in [0.1, 0.15) is 5.82 Å². The molecule has 114 valence electrons. The van der Waals surface area contributed by atoms with Gasteiger partial charge in [-0.25, -0.2) is 4.39 Å². The lowest BCUT2D eigenvalue weighted by Crippen LogP contribution is -2.40. The molecule has 1 aliphatic rings. The average molecular weight is 299 g/mol. The number of hydrogen-bond donors (Lipinski definition) is 1. The van der Waals surface area contributed by atoms with E-state index in [9.17, 15) is 14.3 Å². The van der Waals surface area contributed by atoms with E-state index in [1.807, 2.05) is 12.1 Å². The number of carbonyl (C=O) groups is 1. The van der Waals surface area contributed by atoms with Crippen molar-refractivity contribution in [3.8, 4) is 0 Å². The van der Waals surface area contributed by atoms with Gasteiger partial charge in [0, 0.05) is 18.7 Å². The van der Waals surface area contributed by atoms with Crippen LogP contribution in [0.5, 0.6) is 0 Å². The number of benzene rings is 2. The third-order valence-electron chi connectivity index (χ3n) is 4.36. The van der Waals surface area contributed by atoms with Crippen LogP contribution in [0, 0.1) is 5.82 Å². The molecule has 1 atom stereocenters. The maximum absolute atomic E-state index is 13.7. The summed E-state index contributed by atoms with van der Waals surface area (Å²) >= 11 is 0. The first-order valence-corrected chi connectivity index (χ1v) is 7.34. The summed E-state index contributed by atoms with van der Waals surface area (Å²) in [5.41, 5.74) is 2.48. The normalized spacial score (nSPS) is 15.4. The molecule has 0 saturated heterocycles. The van der Waals surface area contributed by atoms with E-state index < -0.39 is 17.8 Å². The lowest BCUT2D eigenvalue weighted by Gasteiger charge is -2.27. The highest BCUT2D eigenvalue weighted by atomic mass is 19.1. The van der Waals surface area contributed by atoms with Crippen molar-refractivity contribution in [2.75, 3.05) is 7.05 Å². The van der Waals surface area contributed by atoms with E-state index in [1.165, 1.54) is 34.2 Å². The minimum atomic E-state index is -1.46. The van der Waals surface area contributed by atoms with Crippen molar-refractivity contribution in [2.45, 2.75) is 25.0 Å². The first-order chi connectivity index (χ1) is 10.6. The molecule has 1 N–H and O–H groups in total. The number of halogens is 1. The van der Waals surface area contributed by atoms with E-state index in [1.54, 1.807) is 13.1 Å². The molecule has 0 fully saturated rings. The zero-order chi connectivity index (χ0) is 15.7. The Morgan fingerprint density at radius 1 is 1.14 bits per heavy atom. The van der Waals surface area contributed by atoms with Crippen LogP contribution in [0.25, 0.3) is 0 Å². The van der Waals surface area contributed by atoms with Crippen LogP contribution < -0.4 is 0 Å². The molecule has 0 saturated carbocycles. The molecule has 1 unspecified atom stereocenters. The van der Waals surface area contributed by atoms with Gasteiger partial charge in [-0.3, -0.25) is 4.79 Å². The number of aliphatic hydroxyl groups excluding tert-OH is 1. The van der Waals surface area contributed by atoms with Crippen LogP contribution in [-0.4, -0.2) is 29.0 Å². The van der Waals surface area contributed by atoms with E-state index in [0.717, 1.165) is 12.8 Å². The number of aliphatic hydroxyl groups is 1. The molecular formula is C18H18FNO2. The van der Waals surface area contributed by atoms with Gasteiger partial charge in [-0.05, 0) is 30.0 Å². The summed E-state index contributed by atoms with van der Waals surface area (Å²) in [4.78, 5) is 14.0. The molecule has 3 nitrogen and oxygen atoms in total. The first-order valence-electron chi connectivity index (χ1n) is 7.34. The second kappa shape index (κ2) is 5.89. The van der Waals surface area contributed by atoms with Crippen LogP contribution in [0.1, 0.15) is 22.8 Å². The van der Waals surface area contributed by atoms with Crippen molar-refractivity contribution in [3.05, 3.63) is 71.0 Å². The third-order valence-corrected chi connectivity index (χ3v) is 4.36. The molecule has 1 amide bonds. The van der Waals surface area contributed by atoms with Gasteiger partial charge in [0.05, 0.1) is 0 Å². The van der Waals surface area contributed by atoms with Gasteiger partial charge in [-0.15, -0.1) is 0 Å². The second-order valence-corrected chi connectivity index (χ2v) is 5.70. The molecule has 0 aliphatic heterocycles. The van der Waals surface area contributed by atoms with Crippen molar-refractivity contribution in [2.24, 2.45) is 0 Å². The van der Waals surface area contributed by atoms with E-state index >= 15 is 0 Å². The monoisotopic (exact) mass is 299 g/mol. The minimum Gasteiger partial charge on any atom is -0.378 e. The molecule has 0 heterocycles. The maximum Gasteiger partial charge on any atom is 0.256 e. The van der Waals surface area contributed by atoms with Crippen molar-refractivity contribution in [1.29, 1.82) is 0 Å². The summed E-state index contributed by atoms with van der Waals surface area (Å²) < 4.78 is 13.7. The van der Waals surface area contributed by atoms with Crippen LogP contribution in [0.15, 0.2) is 48.5 Å². The number of amides is 1. The zero-order valence-corrected chi connectivity index (χ0v) is 12.4. The number of fused-ring (bicyclic) bond motifs is 1. The topological polar surface area (TPSA) is 40.5 Å². The second-order valence-electron chi connectivity index (χ2n) is 5.70. The number of hydrogen-bond acceptors (Lipinski definition) is 2. The molecule has 0 spiro atoms. The molecule has 1 aliphatic carbocycles. The summed E-state index contributed by atoms with van der Waals surface area (Å²) in [6.07, 6.45) is 0.0695. The predicted octanol–water partition coefficient (Wildman–Crippen LogP) is 2.48. The fraction of sp³-hybridized carbons (Fsp3) is 0.278. The Labute approximate surface area is 129 Å². The lowest BCUT2D eigenvalue weighted by atomic mass is 10.1. The minimum absolute atomic E-state index is 0.00586. The molecule has 3 rings (SSSR count). The van der Waals surface area contributed by atoms with Gasteiger partial charge >= 0.3 is 0 Å². The smallest absolute Gasteiger partial charge is 0.256 e. The van der Waals surface area contributed by atoms with E-state index in [2.05, 4.69) is 12.1 Å². The molecule has 2 aromatic carbocycles. The van der Waals surface area contributed by atoms with Gasteiger partial charge in [0.25, 0.3) is 5.91 Å². The largest absolute Gasteiger partial charge is 0.378 e. The van der Waals surface area contributed by atoms with Crippen LogP contribution in [0.4, 0.5) is 4.39 Å². The highest BCUT2D eigenvalue weighted by Gasteiger charge is 2.31. The Morgan fingerprint density at radius 2 is 1.68 bits per heavy atom. The lowest BCUT2D eigenvalue weighted by molar-refractivity contribution is -0.141. The Morgan fingerprint density at radius 3 is 2.27 bits per heavy atom. The molecule has 0 aromatic heterocycles. The summed E-state index contributed by atoms with van der Waals surface area (Å²) in [6, 6.07) is 13.9. The third kappa shape index (κ3) is 2.62. The van der Waals surface area contributed by atoms with E-state index in [0.29, 0.717) is 0 Å². The number of likely N-dealkylation sites (N-methyl/N-ethyl adjacent to an activating group) is 1. The van der Waals surface area contributed by atoms with Gasteiger partial charge in [-0.1, -0.05) is 42.5 Å². The number of rotatable bonds is 3. The average Bonchev–Trinajstić information content (AvgIpc) is 2.97. The van der Waals surface area contributed by atoms with E-state index in [-0.39, 0.29) is 11.6 Å². The van der Waals surface area contributed by atoms with Gasteiger partial charge in [0.2, 0.25) is 0 Å². The molecule has 2 aromatic rings. The van der Waals surface area contributed by atoms with Crippen LogP contribution in [0.2, 0.25) is 0 Å². The fourth-order valence-electron chi connectivity index (χ4n) is 3.01. The van der Waals surface area contributed by atoms with E-state index in [4.69, 9.17) is 0 Å². The fourth-order valence-corrected chi connectivity index (χ4v) is 3.01. The Hall–Kier alpha value is -2.20. The quantitative estimate of drug-likeness (QED) is 0.946. The zero-order valence-electron chi connectivity index (χ0n) is 12.4. The van der Waals surface area contributed by atoms with Crippen LogP contribution in [-0.2, 0) is 17.6 Å². The number of carbonyl (C=O) groups excluding carboxylic acids is 1. The van der Waals surface area contributed by atoms with Gasteiger partial charge in [-0.2, -0.15) is 0 Å². The van der Waals surface area contributed by atoms with Crippen LogP contribution in [0.3, 0.4) is 0 Å². The summed E-state index contributed by atoms with van der Waals surface area (Å²) in [7, 11) is 1.67. The Balaban J connectivity index is 1.75. The van der Waals surface area contributed by atoms with Crippen molar-refractivity contribution >= 4 is 5.91 Å². The summed E-state index contributed by atoms with van der Waals surface area (Å²) in [6.45, 7) is 0. The summed E-state index contributed by atoms with van der Waals surface area (Å²) in [5, 5.41) is 10.2.